The molecule has 1 N–H and O–H groups in total. The highest BCUT2D eigenvalue weighted by Gasteiger charge is 2.62. The molecule has 0 bridgehead atoms. The van der Waals surface area contributed by atoms with Crippen molar-refractivity contribution in [2.45, 2.75) is 45.2 Å². The van der Waals surface area contributed by atoms with Gasteiger partial charge in [-0.2, -0.15) is 0 Å². The molecule has 1 spiro atoms. The third-order valence-electron chi connectivity index (χ3n) is 2.62. The molecule has 2 rings (SSSR count). The number of hydrogen-bond donors (Lipinski definition) is 1. The summed E-state index contributed by atoms with van der Waals surface area (Å²) in [7, 11) is 0. The largest absolute Gasteiger partial charge is 0.311 e. The SMILES string of the molecule is CC(C)NC1CC12CC2. The first-order valence-corrected chi connectivity index (χ1v) is 3.99. The topological polar surface area (TPSA) is 12.0 Å². The van der Waals surface area contributed by atoms with E-state index in [9.17, 15) is 0 Å². The van der Waals surface area contributed by atoms with Gasteiger partial charge in [-0.3, -0.25) is 0 Å². The second-order valence-corrected chi connectivity index (χ2v) is 3.94. The molecule has 1 atom stereocenters. The summed E-state index contributed by atoms with van der Waals surface area (Å²) >= 11 is 0. The molecule has 9 heavy (non-hydrogen) atoms. The van der Waals surface area contributed by atoms with Gasteiger partial charge in [0.25, 0.3) is 0 Å². The van der Waals surface area contributed by atoms with E-state index in [1.807, 2.05) is 0 Å². The predicted octanol–water partition coefficient (Wildman–Crippen LogP) is 1.54. The molecule has 0 aromatic rings. The third-order valence-corrected chi connectivity index (χ3v) is 2.62. The second kappa shape index (κ2) is 1.51. The van der Waals surface area contributed by atoms with Crippen LogP contribution in [-0.2, 0) is 0 Å². The van der Waals surface area contributed by atoms with Crippen LogP contribution in [0.3, 0.4) is 0 Å². The van der Waals surface area contributed by atoms with Gasteiger partial charge in [-0.15, -0.1) is 0 Å². The first-order chi connectivity index (χ1) is 4.23. The van der Waals surface area contributed by atoms with E-state index in [4.69, 9.17) is 0 Å². The fraction of sp³-hybridized carbons (Fsp3) is 1.00. The van der Waals surface area contributed by atoms with E-state index in [2.05, 4.69) is 19.2 Å². The Balaban J connectivity index is 1.78. The van der Waals surface area contributed by atoms with Crippen LogP contribution in [0.5, 0.6) is 0 Å². The first kappa shape index (κ1) is 5.72. The molecule has 0 amide bonds. The summed E-state index contributed by atoms with van der Waals surface area (Å²) in [6, 6.07) is 1.59. The van der Waals surface area contributed by atoms with Gasteiger partial charge in [0.05, 0.1) is 0 Å². The summed E-state index contributed by atoms with van der Waals surface area (Å²) in [6.07, 6.45) is 4.46. The minimum absolute atomic E-state index is 0.690. The van der Waals surface area contributed by atoms with Crippen LogP contribution >= 0.6 is 0 Å². The molecule has 0 aromatic carbocycles. The Morgan fingerprint density at radius 2 is 2.11 bits per heavy atom. The van der Waals surface area contributed by atoms with Gasteiger partial charge in [0.1, 0.15) is 0 Å². The molecule has 2 saturated carbocycles. The minimum atomic E-state index is 0.690. The summed E-state index contributed by atoms with van der Waals surface area (Å²) < 4.78 is 0. The van der Waals surface area contributed by atoms with Gasteiger partial charge in [-0.25, -0.2) is 0 Å². The van der Waals surface area contributed by atoms with Crippen molar-refractivity contribution in [1.29, 1.82) is 0 Å². The van der Waals surface area contributed by atoms with Gasteiger partial charge in [-0.1, -0.05) is 13.8 Å². The maximum absolute atomic E-state index is 3.57. The molecule has 2 fully saturated rings. The van der Waals surface area contributed by atoms with E-state index < -0.39 is 0 Å². The maximum atomic E-state index is 3.57. The first-order valence-electron chi connectivity index (χ1n) is 3.99. The normalized spacial score (nSPS) is 35.7. The van der Waals surface area contributed by atoms with E-state index in [1.54, 1.807) is 0 Å². The highest BCUT2D eigenvalue weighted by atomic mass is 15.0. The lowest BCUT2D eigenvalue weighted by atomic mass is 10.3. The molecule has 2 aliphatic rings. The fourth-order valence-corrected chi connectivity index (χ4v) is 1.70. The van der Waals surface area contributed by atoms with E-state index in [0.717, 1.165) is 11.5 Å². The zero-order valence-electron chi connectivity index (χ0n) is 6.28. The molecule has 1 heteroatoms. The van der Waals surface area contributed by atoms with Gasteiger partial charge in [0, 0.05) is 12.1 Å². The number of hydrogen-bond acceptors (Lipinski definition) is 1. The van der Waals surface area contributed by atoms with Gasteiger partial charge < -0.3 is 5.32 Å². The third kappa shape index (κ3) is 0.877. The monoisotopic (exact) mass is 125 g/mol. The predicted molar refractivity (Wildman–Crippen MR) is 38.3 cm³/mol. The molecule has 1 nitrogen and oxygen atoms in total. The van der Waals surface area contributed by atoms with Gasteiger partial charge in [0.2, 0.25) is 0 Å². The molecule has 0 saturated heterocycles. The second-order valence-electron chi connectivity index (χ2n) is 3.94. The minimum Gasteiger partial charge on any atom is -0.311 e. The van der Waals surface area contributed by atoms with Gasteiger partial charge >= 0.3 is 0 Å². The lowest BCUT2D eigenvalue weighted by molar-refractivity contribution is 0.552. The average molecular weight is 125 g/mol. The number of nitrogens with one attached hydrogen (secondary N) is 1. The van der Waals surface area contributed by atoms with Crippen LogP contribution in [0.2, 0.25) is 0 Å². The van der Waals surface area contributed by atoms with Crippen molar-refractivity contribution >= 4 is 0 Å². The van der Waals surface area contributed by atoms with Crippen molar-refractivity contribution < 1.29 is 0 Å². The summed E-state index contributed by atoms with van der Waals surface area (Å²) in [5, 5.41) is 3.57. The van der Waals surface area contributed by atoms with Crippen molar-refractivity contribution in [3.8, 4) is 0 Å². The van der Waals surface area contributed by atoms with Crippen LogP contribution in [0.25, 0.3) is 0 Å². The Morgan fingerprint density at radius 1 is 1.44 bits per heavy atom. The summed E-state index contributed by atoms with van der Waals surface area (Å²) in [6.45, 7) is 4.46. The van der Waals surface area contributed by atoms with Crippen LogP contribution in [-0.4, -0.2) is 12.1 Å². The molecule has 2 aliphatic carbocycles. The molecule has 1 unspecified atom stereocenters. The molecule has 0 radical (unpaired) electrons. The molecule has 0 heterocycles. The van der Waals surface area contributed by atoms with Crippen LogP contribution in [0.15, 0.2) is 0 Å². The Hall–Kier alpha value is -0.0400. The van der Waals surface area contributed by atoms with Crippen LogP contribution in [0.1, 0.15) is 33.1 Å². The summed E-state index contributed by atoms with van der Waals surface area (Å²) in [5.74, 6) is 0. The summed E-state index contributed by atoms with van der Waals surface area (Å²) in [4.78, 5) is 0. The average Bonchev–Trinajstić information content (AvgIpc) is 2.54. The van der Waals surface area contributed by atoms with Gasteiger partial charge in [-0.05, 0) is 24.7 Å². The lowest BCUT2D eigenvalue weighted by Gasteiger charge is -2.05. The molecule has 0 aliphatic heterocycles. The maximum Gasteiger partial charge on any atom is 0.0132 e. The summed E-state index contributed by atoms with van der Waals surface area (Å²) in [5.41, 5.74) is 0.838. The number of rotatable bonds is 2. The smallest absolute Gasteiger partial charge is 0.0132 e. The van der Waals surface area contributed by atoms with Crippen molar-refractivity contribution in [2.75, 3.05) is 0 Å². The van der Waals surface area contributed by atoms with E-state index in [-0.39, 0.29) is 0 Å². The van der Waals surface area contributed by atoms with E-state index >= 15 is 0 Å². The Kier molecular flexibility index (Phi) is 0.963. The van der Waals surface area contributed by atoms with Crippen LogP contribution in [0.4, 0.5) is 0 Å². The quantitative estimate of drug-likeness (QED) is 0.590. The molecular formula is C8H15N. The van der Waals surface area contributed by atoms with Crippen LogP contribution in [0, 0.1) is 5.41 Å². The zero-order chi connectivity index (χ0) is 6.48. The van der Waals surface area contributed by atoms with E-state index in [0.29, 0.717) is 6.04 Å². The molecule has 52 valence electrons. The Labute approximate surface area is 56.8 Å². The van der Waals surface area contributed by atoms with Crippen LogP contribution < -0.4 is 5.32 Å². The lowest BCUT2D eigenvalue weighted by Crippen LogP contribution is -2.26. The standard InChI is InChI=1S/C8H15N/c1-6(2)9-7-5-8(7)3-4-8/h6-7,9H,3-5H2,1-2H3. The Morgan fingerprint density at radius 3 is 2.44 bits per heavy atom. The van der Waals surface area contributed by atoms with Crippen molar-refractivity contribution in [3.05, 3.63) is 0 Å². The van der Waals surface area contributed by atoms with Crippen molar-refractivity contribution in [3.63, 3.8) is 0 Å². The van der Waals surface area contributed by atoms with Gasteiger partial charge in [0.15, 0.2) is 0 Å². The van der Waals surface area contributed by atoms with E-state index in [1.165, 1.54) is 19.3 Å². The molecular weight excluding hydrogens is 110 g/mol. The fourth-order valence-electron chi connectivity index (χ4n) is 1.70. The van der Waals surface area contributed by atoms with Crippen molar-refractivity contribution in [2.24, 2.45) is 5.41 Å². The highest BCUT2D eigenvalue weighted by molar-refractivity contribution is 5.17. The van der Waals surface area contributed by atoms with Crippen molar-refractivity contribution in [1.82, 2.24) is 5.32 Å². The Bertz CT molecular complexity index is 125. The zero-order valence-corrected chi connectivity index (χ0v) is 6.28. The highest BCUT2D eigenvalue weighted by Crippen LogP contribution is 2.65. The molecule has 0 aromatic heterocycles.